The van der Waals surface area contributed by atoms with Crippen molar-refractivity contribution >= 4 is 11.9 Å². The number of carbonyl (C=O) groups excluding carboxylic acids is 1. The van der Waals surface area contributed by atoms with Crippen molar-refractivity contribution < 1.29 is 14.7 Å². The van der Waals surface area contributed by atoms with Crippen LogP contribution in [0.4, 0.5) is 0 Å². The van der Waals surface area contributed by atoms with Gasteiger partial charge in [-0.25, -0.2) is 4.79 Å². The maximum atomic E-state index is 11.1. The van der Waals surface area contributed by atoms with Crippen molar-refractivity contribution in [1.82, 2.24) is 5.06 Å². The third-order valence-electron chi connectivity index (χ3n) is 1.55. The molecule has 6 nitrogen and oxygen atoms in total. The maximum absolute atomic E-state index is 11.1. The number of aliphatic carboxylic acids is 1. The molecule has 1 unspecified atom stereocenters. The zero-order valence-corrected chi connectivity index (χ0v) is 6.51. The third kappa shape index (κ3) is 1.67. The lowest BCUT2D eigenvalue weighted by Gasteiger charge is -2.37. The van der Waals surface area contributed by atoms with E-state index >= 15 is 0 Å². The van der Waals surface area contributed by atoms with E-state index in [2.05, 4.69) is 0 Å². The summed E-state index contributed by atoms with van der Waals surface area (Å²) in [6, 6.07) is -1.23. The van der Waals surface area contributed by atoms with Crippen molar-refractivity contribution in [2.75, 3.05) is 0 Å². The first-order chi connectivity index (χ1) is 6.04. The molecule has 70 valence electrons. The number of hydrogen-bond donors (Lipinski definition) is 2. The Morgan fingerprint density at radius 2 is 2.23 bits per heavy atom. The van der Waals surface area contributed by atoms with Gasteiger partial charge in [0.25, 0.3) is 0 Å². The lowest BCUT2D eigenvalue weighted by atomic mass is 10.1. The summed E-state index contributed by atoms with van der Waals surface area (Å²) in [5, 5.41) is 19.7. The molecule has 0 radical (unpaired) electrons. The molecule has 0 aromatic carbocycles. The number of carboxylic acids is 1. The summed E-state index contributed by atoms with van der Waals surface area (Å²) < 4.78 is 0. The third-order valence-corrected chi connectivity index (χ3v) is 1.55. The Bertz CT molecular complexity index is 308. The van der Waals surface area contributed by atoms with E-state index in [4.69, 9.17) is 10.8 Å². The summed E-state index contributed by atoms with van der Waals surface area (Å²) in [7, 11) is 0. The molecule has 1 amide bonds. The predicted molar refractivity (Wildman–Crippen MR) is 43.0 cm³/mol. The van der Waals surface area contributed by atoms with Gasteiger partial charge in [0, 0.05) is 0 Å². The summed E-state index contributed by atoms with van der Waals surface area (Å²) >= 11 is 0. The maximum Gasteiger partial charge on any atom is 0.351 e. The van der Waals surface area contributed by atoms with Gasteiger partial charge in [-0.05, 0) is 6.08 Å². The Hall–Kier alpha value is -1.82. The first-order valence-corrected chi connectivity index (χ1v) is 3.41. The van der Waals surface area contributed by atoms with Gasteiger partial charge >= 0.3 is 5.97 Å². The predicted octanol–water partition coefficient (Wildman–Crippen LogP) is -0.822. The van der Waals surface area contributed by atoms with E-state index < -0.39 is 23.6 Å². The van der Waals surface area contributed by atoms with Crippen molar-refractivity contribution in [1.29, 1.82) is 0 Å². The number of amides is 1. The Morgan fingerprint density at radius 3 is 2.69 bits per heavy atom. The Morgan fingerprint density at radius 1 is 1.62 bits per heavy atom. The van der Waals surface area contributed by atoms with Crippen LogP contribution in [0.1, 0.15) is 0 Å². The average Bonchev–Trinajstić information content (AvgIpc) is 2.03. The fourth-order valence-electron chi connectivity index (χ4n) is 0.929. The molecule has 1 aliphatic heterocycles. The van der Waals surface area contributed by atoms with Gasteiger partial charge in [-0.3, -0.25) is 4.79 Å². The molecular weight excluding hydrogens is 176 g/mol. The second kappa shape index (κ2) is 3.28. The molecule has 0 fully saturated rings. The fourth-order valence-corrected chi connectivity index (χ4v) is 0.929. The summed E-state index contributed by atoms with van der Waals surface area (Å²) in [4.78, 5) is 21.1. The molecule has 1 rings (SSSR count). The van der Waals surface area contributed by atoms with Gasteiger partial charge in [0.2, 0.25) is 5.91 Å². The summed E-state index contributed by atoms with van der Waals surface area (Å²) in [6.07, 6.45) is 3.66. The van der Waals surface area contributed by atoms with E-state index in [1.54, 1.807) is 0 Å². The molecule has 13 heavy (non-hydrogen) atoms. The SMILES string of the molecule is NC(=O)C1C=CC=C(C(=O)O)N1[O-]. The molecule has 3 N–H and O–H groups in total. The molecule has 0 aromatic rings. The number of carbonyl (C=O) groups is 2. The number of hydroxylamine groups is 2. The largest absolute Gasteiger partial charge is 0.757 e. The number of carboxylic acid groups (broad SMARTS) is 1. The van der Waals surface area contributed by atoms with Crippen LogP contribution in [0.15, 0.2) is 23.9 Å². The number of rotatable bonds is 2. The molecule has 0 bridgehead atoms. The van der Waals surface area contributed by atoms with Crippen molar-refractivity contribution in [3.05, 3.63) is 29.1 Å². The average molecular weight is 183 g/mol. The summed E-state index contributed by atoms with van der Waals surface area (Å²) in [6.45, 7) is 0. The van der Waals surface area contributed by atoms with Crippen LogP contribution in [-0.4, -0.2) is 28.1 Å². The highest BCUT2D eigenvalue weighted by Crippen LogP contribution is 2.14. The van der Waals surface area contributed by atoms with Crippen LogP contribution in [0, 0.1) is 5.21 Å². The molecule has 1 aliphatic rings. The van der Waals surface area contributed by atoms with Crippen LogP contribution in [-0.2, 0) is 9.59 Å². The first-order valence-electron chi connectivity index (χ1n) is 3.41. The minimum Gasteiger partial charge on any atom is -0.757 e. The molecule has 0 saturated carbocycles. The van der Waals surface area contributed by atoms with Crippen LogP contribution in [0.25, 0.3) is 0 Å². The number of nitrogens with two attached hydrogens (primary N) is 1. The Balaban J connectivity index is 2.93. The first kappa shape index (κ1) is 9.27. The molecule has 0 spiro atoms. The highest BCUT2D eigenvalue weighted by molar-refractivity contribution is 5.90. The number of allylic oxidation sites excluding steroid dienone is 2. The van der Waals surface area contributed by atoms with Crippen molar-refractivity contribution in [2.45, 2.75) is 6.04 Å². The molecular formula is C7H7N2O4-. The van der Waals surface area contributed by atoms with Gasteiger partial charge in [0.1, 0.15) is 11.7 Å². The van der Waals surface area contributed by atoms with Crippen molar-refractivity contribution in [2.24, 2.45) is 5.73 Å². The Kier molecular flexibility index (Phi) is 2.34. The monoisotopic (exact) mass is 183 g/mol. The van der Waals surface area contributed by atoms with Crippen LogP contribution < -0.4 is 5.73 Å². The van der Waals surface area contributed by atoms with E-state index in [1.807, 2.05) is 0 Å². The molecule has 1 heterocycles. The second-order valence-corrected chi connectivity index (χ2v) is 2.41. The van der Waals surface area contributed by atoms with Crippen LogP contribution in [0.2, 0.25) is 0 Å². The molecule has 6 heteroatoms. The minimum atomic E-state index is -1.38. The quantitative estimate of drug-likeness (QED) is 0.581. The van der Waals surface area contributed by atoms with E-state index in [0.29, 0.717) is 0 Å². The zero-order valence-electron chi connectivity index (χ0n) is 6.51. The Labute approximate surface area is 73.5 Å². The van der Waals surface area contributed by atoms with E-state index in [1.165, 1.54) is 12.2 Å². The van der Waals surface area contributed by atoms with E-state index in [-0.39, 0.29) is 5.06 Å². The molecule has 0 aliphatic carbocycles. The number of hydrogen-bond acceptors (Lipinski definition) is 4. The van der Waals surface area contributed by atoms with Crippen molar-refractivity contribution in [3.8, 4) is 0 Å². The summed E-state index contributed by atoms with van der Waals surface area (Å²) in [5.74, 6) is -2.26. The zero-order chi connectivity index (χ0) is 10.0. The van der Waals surface area contributed by atoms with Gasteiger partial charge in [0.15, 0.2) is 0 Å². The van der Waals surface area contributed by atoms with Gasteiger partial charge < -0.3 is 21.1 Å². The van der Waals surface area contributed by atoms with Crippen molar-refractivity contribution in [3.63, 3.8) is 0 Å². The molecule has 0 aromatic heterocycles. The standard InChI is InChI=1S/C7H7N2O4/c8-6(10)4-2-1-3-5(7(11)12)9(4)13/h1-4H,(H2,8,10)(H,11,12)/q-1. The minimum absolute atomic E-state index is 0.0741. The molecule has 1 atom stereocenters. The number of primary amides is 1. The lowest BCUT2D eigenvalue weighted by molar-refractivity contribution is -0.134. The summed E-state index contributed by atoms with van der Waals surface area (Å²) in [5.41, 5.74) is 4.37. The van der Waals surface area contributed by atoms with Gasteiger partial charge in [-0.15, -0.1) is 0 Å². The lowest BCUT2D eigenvalue weighted by Crippen LogP contribution is -2.42. The van der Waals surface area contributed by atoms with Crippen LogP contribution in [0.3, 0.4) is 0 Å². The van der Waals surface area contributed by atoms with E-state index in [9.17, 15) is 14.8 Å². The van der Waals surface area contributed by atoms with Crippen LogP contribution >= 0.6 is 0 Å². The topological polar surface area (TPSA) is 107 Å². The smallest absolute Gasteiger partial charge is 0.351 e. The van der Waals surface area contributed by atoms with Crippen LogP contribution in [0.5, 0.6) is 0 Å². The normalized spacial score (nSPS) is 21.2. The molecule has 0 saturated heterocycles. The van der Waals surface area contributed by atoms with Gasteiger partial charge in [0.05, 0.1) is 0 Å². The number of nitrogens with zero attached hydrogens (tertiary/aromatic N) is 1. The highest BCUT2D eigenvalue weighted by Gasteiger charge is 2.21. The van der Waals surface area contributed by atoms with E-state index in [0.717, 1.165) is 6.08 Å². The highest BCUT2D eigenvalue weighted by atomic mass is 16.5. The second-order valence-electron chi connectivity index (χ2n) is 2.41. The fraction of sp³-hybridized carbons (Fsp3) is 0.143. The van der Waals surface area contributed by atoms with Gasteiger partial charge in [-0.2, -0.15) is 0 Å². The van der Waals surface area contributed by atoms with Gasteiger partial charge in [-0.1, -0.05) is 12.2 Å².